The number of hydrogen-bond donors (Lipinski definition) is 1. The molecule has 0 saturated carbocycles. The van der Waals surface area contributed by atoms with Gasteiger partial charge in [-0.3, -0.25) is 0 Å². The molecular formula is C15H9Cl2NO2. The third-order valence-corrected chi connectivity index (χ3v) is 3.26. The van der Waals surface area contributed by atoms with Crippen molar-refractivity contribution in [2.75, 3.05) is 0 Å². The number of pyridine rings is 1. The molecule has 0 aliphatic heterocycles. The fourth-order valence-corrected chi connectivity index (χ4v) is 2.28. The maximum absolute atomic E-state index is 9.43. The van der Waals surface area contributed by atoms with Crippen molar-refractivity contribution < 1.29 is 9.84 Å². The van der Waals surface area contributed by atoms with E-state index in [0.29, 0.717) is 21.7 Å². The quantitative estimate of drug-likeness (QED) is 0.721. The second kappa shape index (κ2) is 5.19. The van der Waals surface area contributed by atoms with Crippen LogP contribution in [-0.2, 0) is 0 Å². The summed E-state index contributed by atoms with van der Waals surface area (Å²) in [6.07, 6.45) is 1.47. The number of ether oxygens (including phenoxy) is 1. The number of aromatic nitrogens is 1. The number of hydrogen-bond acceptors (Lipinski definition) is 3. The maximum atomic E-state index is 9.43. The average molecular weight is 306 g/mol. The molecule has 0 aliphatic carbocycles. The Balaban J connectivity index is 1.96. The van der Waals surface area contributed by atoms with E-state index in [0.717, 1.165) is 10.8 Å². The van der Waals surface area contributed by atoms with Gasteiger partial charge in [0.05, 0.1) is 5.02 Å². The SMILES string of the molecule is Oc1ccc2cc(Oc3ncc(Cl)cc3Cl)ccc2c1. The van der Waals surface area contributed by atoms with Gasteiger partial charge in [0.15, 0.2) is 0 Å². The Morgan fingerprint density at radius 3 is 2.50 bits per heavy atom. The molecule has 0 radical (unpaired) electrons. The molecule has 0 aliphatic rings. The molecule has 20 heavy (non-hydrogen) atoms. The van der Waals surface area contributed by atoms with Crippen molar-refractivity contribution in [3.63, 3.8) is 0 Å². The van der Waals surface area contributed by atoms with E-state index in [4.69, 9.17) is 27.9 Å². The van der Waals surface area contributed by atoms with Crippen LogP contribution in [0.4, 0.5) is 0 Å². The van der Waals surface area contributed by atoms with E-state index in [2.05, 4.69) is 4.98 Å². The molecule has 100 valence electrons. The van der Waals surface area contributed by atoms with Crippen LogP contribution in [0.15, 0.2) is 48.7 Å². The van der Waals surface area contributed by atoms with Crippen LogP contribution in [0.3, 0.4) is 0 Å². The summed E-state index contributed by atoms with van der Waals surface area (Å²) in [5.74, 6) is 1.14. The lowest BCUT2D eigenvalue weighted by atomic mass is 10.1. The second-order valence-electron chi connectivity index (χ2n) is 4.24. The molecule has 0 fully saturated rings. The molecular weight excluding hydrogens is 297 g/mol. The summed E-state index contributed by atoms with van der Waals surface area (Å²) in [7, 11) is 0. The minimum absolute atomic E-state index is 0.230. The normalized spacial score (nSPS) is 10.7. The zero-order valence-corrected chi connectivity index (χ0v) is 11.7. The molecule has 3 rings (SSSR count). The third-order valence-electron chi connectivity index (χ3n) is 2.78. The topological polar surface area (TPSA) is 42.4 Å². The van der Waals surface area contributed by atoms with Crippen LogP contribution in [0, 0.1) is 0 Å². The van der Waals surface area contributed by atoms with Crippen LogP contribution in [0.2, 0.25) is 10.0 Å². The Bertz CT molecular complexity index is 790. The van der Waals surface area contributed by atoms with Crippen LogP contribution in [-0.4, -0.2) is 10.1 Å². The second-order valence-corrected chi connectivity index (χ2v) is 5.08. The van der Waals surface area contributed by atoms with Gasteiger partial charge in [0.25, 0.3) is 0 Å². The smallest absolute Gasteiger partial charge is 0.238 e. The van der Waals surface area contributed by atoms with Gasteiger partial charge >= 0.3 is 0 Å². The Morgan fingerprint density at radius 1 is 0.950 bits per heavy atom. The summed E-state index contributed by atoms with van der Waals surface area (Å²) in [6.45, 7) is 0. The highest BCUT2D eigenvalue weighted by Gasteiger charge is 2.06. The molecule has 3 nitrogen and oxygen atoms in total. The van der Waals surface area contributed by atoms with Crippen molar-refractivity contribution in [3.8, 4) is 17.4 Å². The first-order valence-electron chi connectivity index (χ1n) is 5.83. The van der Waals surface area contributed by atoms with E-state index in [1.54, 1.807) is 24.3 Å². The van der Waals surface area contributed by atoms with Crippen LogP contribution in [0.1, 0.15) is 0 Å². The minimum atomic E-state index is 0.230. The van der Waals surface area contributed by atoms with Gasteiger partial charge in [0.1, 0.15) is 16.5 Å². The maximum Gasteiger partial charge on any atom is 0.238 e. The van der Waals surface area contributed by atoms with E-state index >= 15 is 0 Å². The van der Waals surface area contributed by atoms with Crippen molar-refractivity contribution in [1.82, 2.24) is 4.98 Å². The van der Waals surface area contributed by atoms with E-state index in [1.165, 1.54) is 6.20 Å². The summed E-state index contributed by atoms with van der Waals surface area (Å²) < 4.78 is 5.64. The summed E-state index contributed by atoms with van der Waals surface area (Å²) in [4.78, 5) is 4.04. The molecule has 0 atom stereocenters. The van der Waals surface area contributed by atoms with E-state index in [-0.39, 0.29) is 5.75 Å². The van der Waals surface area contributed by atoms with Gasteiger partial charge in [0.2, 0.25) is 5.88 Å². The summed E-state index contributed by atoms with van der Waals surface area (Å²) in [5, 5.41) is 12.1. The van der Waals surface area contributed by atoms with E-state index in [9.17, 15) is 5.11 Å². The van der Waals surface area contributed by atoms with Gasteiger partial charge in [-0.2, -0.15) is 0 Å². The summed E-state index contributed by atoms with van der Waals surface area (Å²) in [5.41, 5.74) is 0. The number of halogens is 2. The van der Waals surface area contributed by atoms with Crippen LogP contribution >= 0.6 is 23.2 Å². The Kier molecular flexibility index (Phi) is 3.38. The Hall–Kier alpha value is -1.97. The molecule has 2 aromatic carbocycles. The molecule has 1 N–H and O–H groups in total. The van der Waals surface area contributed by atoms with Crippen molar-refractivity contribution in [1.29, 1.82) is 0 Å². The molecule has 0 spiro atoms. The van der Waals surface area contributed by atoms with Gasteiger partial charge in [-0.05, 0) is 41.1 Å². The first-order valence-corrected chi connectivity index (χ1v) is 6.59. The molecule has 1 heterocycles. The number of fused-ring (bicyclic) bond motifs is 1. The summed E-state index contributed by atoms with van der Waals surface area (Å²) in [6, 6.07) is 12.2. The Morgan fingerprint density at radius 2 is 1.70 bits per heavy atom. The molecule has 1 aromatic heterocycles. The van der Waals surface area contributed by atoms with Crippen LogP contribution in [0.5, 0.6) is 17.4 Å². The first kappa shape index (κ1) is 13.0. The first-order chi connectivity index (χ1) is 9.61. The van der Waals surface area contributed by atoms with Crippen molar-refractivity contribution in [3.05, 3.63) is 58.7 Å². The average Bonchev–Trinajstić information content (AvgIpc) is 2.42. The molecule has 0 saturated heterocycles. The lowest BCUT2D eigenvalue weighted by molar-refractivity contribution is 0.463. The molecule has 0 amide bonds. The van der Waals surface area contributed by atoms with Gasteiger partial charge in [-0.25, -0.2) is 4.98 Å². The number of phenolic OH excluding ortho intramolecular Hbond substituents is 1. The van der Waals surface area contributed by atoms with Gasteiger partial charge in [0, 0.05) is 6.20 Å². The van der Waals surface area contributed by atoms with Gasteiger partial charge in [-0.15, -0.1) is 0 Å². The van der Waals surface area contributed by atoms with Crippen molar-refractivity contribution >= 4 is 34.0 Å². The highest BCUT2D eigenvalue weighted by molar-refractivity contribution is 6.35. The minimum Gasteiger partial charge on any atom is -0.508 e. The van der Waals surface area contributed by atoms with Gasteiger partial charge < -0.3 is 9.84 Å². The lowest BCUT2D eigenvalue weighted by Crippen LogP contribution is -1.89. The van der Waals surface area contributed by atoms with Crippen LogP contribution < -0.4 is 4.74 Å². The highest BCUT2D eigenvalue weighted by Crippen LogP contribution is 2.31. The monoisotopic (exact) mass is 305 g/mol. The third kappa shape index (κ3) is 2.64. The molecule has 0 bridgehead atoms. The number of nitrogens with zero attached hydrogens (tertiary/aromatic N) is 1. The summed E-state index contributed by atoms with van der Waals surface area (Å²) >= 11 is 11.8. The Labute approximate surface area is 125 Å². The highest BCUT2D eigenvalue weighted by atomic mass is 35.5. The largest absolute Gasteiger partial charge is 0.508 e. The predicted octanol–water partition coefficient (Wildman–Crippen LogP) is 5.04. The zero-order valence-electron chi connectivity index (χ0n) is 10.2. The van der Waals surface area contributed by atoms with Gasteiger partial charge in [-0.1, -0.05) is 35.3 Å². The fraction of sp³-hybridized carbons (Fsp3) is 0. The van der Waals surface area contributed by atoms with Crippen molar-refractivity contribution in [2.24, 2.45) is 0 Å². The predicted molar refractivity (Wildman–Crippen MR) is 79.9 cm³/mol. The number of rotatable bonds is 2. The standard InChI is InChI=1S/C15H9Cl2NO2/c16-11-7-14(17)15(18-8-11)20-13-4-2-9-5-12(19)3-1-10(9)6-13/h1-8,19H. The number of benzene rings is 2. The zero-order chi connectivity index (χ0) is 14.1. The molecule has 5 heteroatoms. The number of phenols is 1. The molecule has 3 aromatic rings. The van der Waals surface area contributed by atoms with Crippen LogP contribution in [0.25, 0.3) is 10.8 Å². The van der Waals surface area contributed by atoms with Crippen molar-refractivity contribution in [2.45, 2.75) is 0 Å². The fourth-order valence-electron chi connectivity index (χ4n) is 1.86. The number of aromatic hydroxyl groups is 1. The van der Waals surface area contributed by atoms with E-state index in [1.807, 2.05) is 18.2 Å². The molecule has 0 unspecified atom stereocenters. The van der Waals surface area contributed by atoms with E-state index < -0.39 is 0 Å². The lowest BCUT2D eigenvalue weighted by Gasteiger charge is -2.07.